The van der Waals surface area contributed by atoms with E-state index in [0.717, 1.165) is 52.8 Å². The van der Waals surface area contributed by atoms with E-state index in [1.807, 2.05) is 66.7 Å². The zero-order valence-electron chi connectivity index (χ0n) is 24.1. The molecule has 1 amide bonds. The molecule has 12 heteroatoms. The van der Waals surface area contributed by atoms with Crippen LogP contribution in [0, 0.1) is 0 Å². The highest BCUT2D eigenvalue weighted by Gasteiger charge is 2.34. The van der Waals surface area contributed by atoms with E-state index in [9.17, 15) is 34.5 Å². The predicted molar refractivity (Wildman–Crippen MR) is 160 cm³/mol. The Hall–Kier alpha value is -5.88. The van der Waals surface area contributed by atoms with E-state index >= 15 is 0 Å². The van der Waals surface area contributed by atoms with Crippen LogP contribution in [0.5, 0.6) is 17.2 Å². The topological polar surface area (TPSA) is 180 Å². The maximum Gasteiger partial charge on any atom is 0.511 e. The smallest absolute Gasteiger partial charge is 0.449 e. The molecular weight excluding hydrogens is 598 g/mol. The summed E-state index contributed by atoms with van der Waals surface area (Å²) in [6.45, 7) is 0.0171. The highest BCUT2D eigenvalue weighted by molar-refractivity contribution is 5.99. The number of nitrogens with zero attached hydrogens (tertiary/aromatic N) is 1. The van der Waals surface area contributed by atoms with Gasteiger partial charge < -0.3 is 39.5 Å². The predicted octanol–water partition coefficient (Wildman–Crippen LogP) is 6.64. The van der Waals surface area contributed by atoms with Crippen molar-refractivity contribution in [1.29, 1.82) is 0 Å². The zero-order chi connectivity index (χ0) is 32.5. The van der Waals surface area contributed by atoms with E-state index < -0.39 is 59.3 Å². The molecule has 0 radical (unpaired) electrons. The fourth-order valence-electron chi connectivity index (χ4n) is 6.29. The van der Waals surface area contributed by atoms with Gasteiger partial charge in [-0.25, -0.2) is 14.4 Å². The maximum atomic E-state index is 14.6. The number of rotatable bonds is 7. The van der Waals surface area contributed by atoms with Crippen molar-refractivity contribution in [3.8, 4) is 28.4 Å². The monoisotopic (exact) mass is 625 g/mol. The summed E-state index contributed by atoms with van der Waals surface area (Å²) in [6, 6.07) is 21.9. The van der Waals surface area contributed by atoms with Crippen molar-refractivity contribution in [1.82, 2.24) is 4.90 Å². The van der Waals surface area contributed by atoms with Gasteiger partial charge in [0, 0.05) is 18.7 Å². The molecule has 0 saturated heterocycles. The van der Waals surface area contributed by atoms with E-state index in [4.69, 9.17) is 14.6 Å². The number of aliphatic hydroxyl groups excluding tert-OH is 1. The lowest BCUT2D eigenvalue weighted by atomic mass is 9.86. The first-order valence-corrected chi connectivity index (χ1v) is 14.3. The molecule has 1 unspecified atom stereocenters. The van der Waals surface area contributed by atoms with E-state index in [1.165, 1.54) is 4.90 Å². The number of amides is 1. The molecule has 0 bridgehead atoms. The second kappa shape index (κ2) is 12.3. The van der Waals surface area contributed by atoms with E-state index in [0.29, 0.717) is 17.5 Å². The normalized spacial score (nSPS) is 15.9. The van der Waals surface area contributed by atoms with Crippen LogP contribution in [-0.4, -0.2) is 49.7 Å². The molecule has 0 heterocycles. The molecule has 0 spiro atoms. The molecule has 0 aliphatic heterocycles. The zero-order valence-corrected chi connectivity index (χ0v) is 24.1. The lowest BCUT2D eigenvalue weighted by Gasteiger charge is -2.36. The molecule has 4 N–H and O–H groups in total. The van der Waals surface area contributed by atoms with Crippen LogP contribution in [0.4, 0.5) is 14.4 Å². The second-order valence-corrected chi connectivity index (χ2v) is 10.9. The maximum absolute atomic E-state index is 14.6. The van der Waals surface area contributed by atoms with Crippen molar-refractivity contribution < 1.29 is 53.8 Å². The first-order valence-electron chi connectivity index (χ1n) is 14.3. The molecule has 2 atom stereocenters. The third-order valence-corrected chi connectivity index (χ3v) is 8.15. The number of hydrogen-bond acceptors (Lipinski definition) is 8. The minimum Gasteiger partial charge on any atom is -0.449 e. The number of benzene rings is 4. The Morgan fingerprint density at radius 2 is 1.30 bits per heavy atom. The van der Waals surface area contributed by atoms with Crippen LogP contribution in [0.1, 0.15) is 63.2 Å². The van der Waals surface area contributed by atoms with E-state index in [1.54, 1.807) is 0 Å². The minimum atomic E-state index is -1.84. The molecule has 6 rings (SSSR count). The van der Waals surface area contributed by atoms with Crippen LogP contribution in [0.3, 0.4) is 0 Å². The lowest BCUT2D eigenvalue weighted by molar-refractivity contribution is 0.0633. The Balaban J connectivity index is 1.47. The number of aryl methyl sites for hydroxylation is 1. The number of ether oxygens (including phenoxy) is 3. The third-order valence-electron chi connectivity index (χ3n) is 8.15. The summed E-state index contributed by atoms with van der Waals surface area (Å²) in [7, 11) is 0. The molecule has 0 saturated carbocycles. The number of carboxylic acid groups (broad SMARTS) is 3. The quantitative estimate of drug-likeness (QED) is 0.128. The van der Waals surface area contributed by atoms with Gasteiger partial charge in [-0.15, -0.1) is 0 Å². The van der Waals surface area contributed by atoms with Gasteiger partial charge in [0.2, 0.25) is 0 Å². The summed E-state index contributed by atoms with van der Waals surface area (Å²) < 4.78 is 14.2. The summed E-state index contributed by atoms with van der Waals surface area (Å²) in [6.07, 6.45) is -4.21. The minimum absolute atomic E-state index is 0.0171. The molecule has 4 aromatic rings. The summed E-state index contributed by atoms with van der Waals surface area (Å²) >= 11 is 0. The number of fused-ring (bicyclic) bond motifs is 4. The van der Waals surface area contributed by atoms with Crippen LogP contribution < -0.4 is 14.2 Å². The van der Waals surface area contributed by atoms with Crippen LogP contribution in [-0.2, 0) is 13.0 Å². The summed E-state index contributed by atoms with van der Waals surface area (Å²) in [5, 5.41) is 39.0. The summed E-state index contributed by atoms with van der Waals surface area (Å²) in [5.41, 5.74) is 5.45. The molecule has 46 heavy (non-hydrogen) atoms. The fraction of sp³-hybridized carbons (Fsp3) is 0.176. The molecule has 0 fully saturated rings. The highest BCUT2D eigenvalue weighted by atomic mass is 16.7. The van der Waals surface area contributed by atoms with E-state index in [-0.39, 0.29) is 6.54 Å². The van der Waals surface area contributed by atoms with Crippen LogP contribution >= 0.6 is 0 Å². The van der Waals surface area contributed by atoms with Crippen LogP contribution in [0.2, 0.25) is 0 Å². The third kappa shape index (κ3) is 5.81. The standard InChI is InChI=1S/C34H27NO11/c36-30-23-10-4-3-9-21(23)22-13-12-18(14-24(22)30)17-35(26-11-5-7-19-6-1-2-8-20(19)26)31(37)25-15-28(45-33(40)41)29(46-34(42)43)16-27(25)44-32(38)39/h1-4,6,8-10,12-16,26,30,36H,5,7,11,17H2,(H,38,39)(H,40,41)(H,42,43)/t26-,30?/m0/s1. The van der Waals surface area contributed by atoms with E-state index in [2.05, 4.69) is 4.74 Å². The molecule has 234 valence electrons. The van der Waals surface area contributed by atoms with Crippen molar-refractivity contribution in [2.45, 2.75) is 38.0 Å². The van der Waals surface area contributed by atoms with Crippen molar-refractivity contribution in [3.05, 3.63) is 112 Å². The van der Waals surface area contributed by atoms with Gasteiger partial charge in [-0.05, 0) is 58.2 Å². The first-order chi connectivity index (χ1) is 22.1. The molecule has 4 aromatic carbocycles. The van der Waals surface area contributed by atoms with Gasteiger partial charge in [0.15, 0.2) is 17.2 Å². The molecule has 12 nitrogen and oxygen atoms in total. The fourth-order valence-corrected chi connectivity index (χ4v) is 6.29. The largest absolute Gasteiger partial charge is 0.511 e. The molecular formula is C34H27NO11. The molecule has 0 aromatic heterocycles. The van der Waals surface area contributed by atoms with Gasteiger partial charge in [0.25, 0.3) is 5.91 Å². The Labute approximate surface area is 261 Å². The van der Waals surface area contributed by atoms with Gasteiger partial charge in [0.05, 0.1) is 11.6 Å². The SMILES string of the molecule is O=C(O)Oc1cc(OC(=O)O)c(C(=O)N(Cc2ccc3c(c2)C(O)c2ccccc2-3)[C@H]2CCCc3ccccc32)cc1OC(=O)O. The molecule has 2 aliphatic rings. The number of aliphatic hydroxyl groups is 1. The Morgan fingerprint density at radius 1 is 0.696 bits per heavy atom. The number of hydrogen-bond donors (Lipinski definition) is 4. The number of carbonyl (C=O) groups is 4. The average Bonchev–Trinajstić information content (AvgIpc) is 3.31. The summed E-state index contributed by atoms with van der Waals surface area (Å²) in [4.78, 5) is 50.5. The van der Waals surface area contributed by atoms with Crippen molar-refractivity contribution >= 4 is 24.4 Å². The average molecular weight is 626 g/mol. The number of carbonyl (C=O) groups excluding carboxylic acids is 1. The van der Waals surface area contributed by atoms with Gasteiger partial charge in [-0.1, -0.05) is 66.7 Å². The van der Waals surface area contributed by atoms with Gasteiger partial charge in [0.1, 0.15) is 6.10 Å². The summed E-state index contributed by atoms with van der Waals surface area (Å²) in [5.74, 6) is -2.66. The first kappa shape index (κ1) is 30.2. The van der Waals surface area contributed by atoms with Crippen molar-refractivity contribution in [2.24, 2.45) is 0 Å². The Bertz CT molecular complexity index is 1890. The van der Waals surface area contributed by atoms with Crippen LogP contribution in [0.15, 0.2) is 78.9 Å². The van der Waals surface area contributed by atoms with Gasteiger partial charge >= 0.3 is 18.5 Å². The Morgan fingerprint density at radius 3 is 2.02 bits per heavy atom. The highest BCUT2D eigenvalue weighted by Crippen LogP contribution is 2.45. The van der Waals surface area contributed by atoms with Gasteiger partial charge in [-0.2, -0.15) is 0 Å². The lowest BCUT2D eigenvalue weighted by Crippen LogP contribution is -2.36. The van der Waals surface area contributed by atoms with Crippen molar-refractivity contribution in [2.75, 3.05) is 0 Å². The second-order valence-electron chi connectivity index (χ2n) is 10.9. The molecule has 2 aliphatic carbocycles. The van der Waals surface area contributed by atoms with Crippen molar-refractivity contribution in [3.63, 3.8) is 0 Å². The van der Waals surface area contributed by atoms with Crippen LogP contribution in [0.25, 0.3) is 11.1 Å². The van der Waals surface area contributed by atoms with Gasteiger partial charge in [-0.3, -0.25) is 4.79 Å². The Kier molecular flexibility index (Phi) is 8.03.